The molecule has 1 saturated heterocycles. The van der Waals surface area contributed by atoms with Crippen LogP contribution in [0, 0.1) is 0 Å². The zero-order valence-corrected chi connectivity index (χ0v) is 11.1. The van der Waals surface area contributed by atoms with Crippen molar-refractivity contribution >= 4 is 23.2 Å². The molecule has 3 unspecified atom stereocenters. The number of nitrogens with two attached hydrogens (primary N) is 1. The Labute approximate surface area is 114 Å². The van der Waals surface area contributed by atoms with Gasteiger partial charge in [0, 0.05) is 11.4 Å². The zero-order chi connectivity index (χ0) is 13.8. The molecule has 4 N–H and O–H groups in total. The lowest BCUT2D eigenvalue weighted by Crippen LogP contribution is -2.38. The molecule has 0 aliphatic carbocycles. The van der Waals surface area contributed by atoms with Crippen molar-refractivity contribution < 1.29 is 19.4 Å². The Balaban J connectivity index is 1.77. The smallest absolute Gasteiger partial charge is 0.332 e. The molecular formula is C12H16N2O4S. The van der Waals surface area contributed by atoms with E-state index in [-0.39, 0.29) is 12.0 Å². The van der Waals surface area contributed by atoms with E-state index in [2.05, 4.69) is 5.32 Å². The van der Waals surface area contributed by atoms with E-state index in [1.165, 1.54) is 11.3 Å². The van der Waals surface area contributed by atoms with E-state index in [0.717, 1.165) is 4.88 Å². The first kappa shape index (κ1) is 14.0. The predicted molar refractivity (Wildman–Crippen MR) is 69.8 cm³/mol. The maximum absolute atomic E-state index is 11.8. The molecule has 104 valence electrons. The van der Waals surface area contributed by atoms with E-state index in [1.807, 2.05) is 11.4 Å². The molecule has 19 heavy (non-hydrogen) atoms. The summed E-state index contributed by atoms with van der Waals surface area (Å²) in [6.45, 7) is 0.293. The number of ether oxygens (including phenoxy) is 1. The van der Waals surface area contributed by atoms with E-state index in [0.29, 0.717) is 19.4 Å². The van der Waals surface area contributed by atoms with E-state index in [9.17, 15) is 9.59 Å². The van der Waals surface area contributed by atoms with Gasteiger partial charge in [0.25, 0.3) is 0 Å². The van der Waals surface area contributed by atoms with E-state index in [4.69, 9.17) is 15.6 Å². The predicted octanol–water partition coefficient (Wildman–Crippen LogP) is 0.496. The Hall–Kier alpha value is -1.44. The first-order valence-corrected chi connectivity index (χ1v) is 6.91. The SMILES string of the molecule is NC(C(=O)NCC1CCC(C(=O)O)O1)c1cccs1. The molecule has 0 spiro atoms. The summed E-state index contributed by atoms with van der Waals surface area (Å²) in [4.78, 5) is 23.3. The highest BCUT2D eigenvalue weighted by Gasteiger charge is 2.30. The summed E-state index contributed by atoms with van der Waals surface area (Å²) in [5, 5.41) is 13.3. The highest BCUT2D eigenvalue weighted by molar-refractivity contribution is 7.10. The van der Waals surface area contributed by atoms with Gasteiger partial charge in [0.1, 0.15) is 6.04 Å². The molecule has 1 aromatic heterocycles. The molecule has 1 aliphatic rings. The third-order valence-electron chi connectivity index (χ3n) is 3.02. The number of nitrogens with one attached hydrogen (secondary N) is 1. The Bertz CT molecular complexity index is 449. The van der Waals surface area contributed by atoms with Crippen LogP contribution in [-0.4, -0.2) is 35.7 Å². The van der Waals surface area contributed by atoms with Crippen molar-refractivity contribution in [2.45, 2.75) is 31.1 Å². The van der Waals surface area contributed by atoms with Gasteiger partial charge in [0.2, 0.25) is 5.91 Å². The summed E-state index contributed by atoms with van der Waals surface area (Å²) in [6.07, 6.45) is 0.103. The molecule has 3 atom stereocenters. The molecule has 0 aromatic carbocycles. The van der Waals surface area contributed by atoms with Crippen molar-refractivity contribution in [1.29, 1.82) is 0 Å². The fourth-order valence-corrected chi connectivity index (χ4v) is 2.68. The highest BCUT2D eigenvalue weighted by atomic mass is 32.1. The number of rotatable bonds is 5. The molecular weight excluding hydrogens is 268 g/mol. The van der Waals surface area contributed by atoms with Gasteiger partial charge in [-0.25, -0.2) is 4.79 Å². The molecule has 2 rings (SSSR count). The number of hydrogen-bond acceptors (Lipinski definition) is 5. The lowest BCUT2D eigenvalue weighted by atomic mass is 10.2. The number of carboxylic acid groups (broad SMARTS) is 1. The van der Waals surface area contributed by atoms with Crippen LogP contribution >= 0.6 is 11.3 Å². The Morgan fingerprint density at radius 2 is 2.37 bits per heavy atom. The molecule has 1 aromatic rings. The maximum Gasteiger partial charge on any atom is 0.332 e. The normalized spacial score (nSPS) is 24.1. The third-order valence-corrected chi connectivity index (χ3v) is 3.97. The van der Waals surface area contributed by atoms with Crippen molar-refractivity contribution in [1.82, 2.24) is 5.32 Å². The minimum absolute atomic E-state index is 0.249. The molecule has 0 bridgehead atoms. The Morgan fingerprint density at radius 3 is 2.95 bits per heavy atom. The van der Waals surface area contributed by atoms with E-state index < -0.39 is 18.1 Å². The standard InChI is InChI=1S/C12H16N2O4S/c13-10(9-2-1-5-19-9)11(15)14-6-7-3-4-8(18-7)12(16)17/h1-2,5,7-8,10H,3-4,6,13H2,(H,14,15)(H,16,17). The Kier molecular flexibility index (Phi) is 4.52. The van der Waals surface area contributed by atoms with Gasteiger partial charge >= 0.3 is 5.97 Å². The quantitative estimate of drug-likeness (QED) is 0.730. The van der Waals surface area contributed by atoms with Crippen LogP contribution in [0.15, 0.2) is 17.5 Å². The monoisotopic (exact) mass is 284 g/mol. The van der Waals surface area contributed by atoms with Crippen LogP contribution in [0.5, 0.6) is 0 Å². The van der Waals surface area contributed by atoms with Crippen molar-refractivity contribution in [2.24, 2.45) is 5.73 Å². The molecule has 7 heteroatoms. The van der Waals surface area contributed by atoms with E-state index >= 15 is 0 Å². The van der Waals surface area contributed by atoms with Gasteiger partial charge in [-0.3, -0.25) is 4.79 Å². The average Bonchev–Trinajstić information content (AvgIpc) is 3.05. The van der Waals surface area contributed by atoms with Gasteiger partial charge in [-0.1, -0.05) is 6.07 Å². The molecule has 1 fully saturated rings. The van der Waals surface area contributed by atoms with Crippen LogP contribution < -0.4 is 11.1 Å². The van der Waals surface area contributed by atoms with Crippen LogP contribution in [0.4, 0.5) is 0 Å². The minimum Gasteiger partial charge on any atom is -0.479 e. The minimum atomic E-state index is -0.955. The summed E-state index contributed by atoms with van der Waals surface area (Å²) in [7, 11) is 0. The second kappa shape index (κ2) is 6.14. The van der Waals surface area contributed by atoms with Gasteiger partial charge < -0.3 is 20.9 Å². The van der Waals surface area contributed by atoms with Gasteiger partial charge in [-0.05, 0) is 24.3 Å². The topological polar surface area (TPSA) is 102 Å². The fourth-order valence-electron chi connectivity index (χ4n) is 1.96. The number of thiophene rings is 1. The van der Waals surface area contributed by atoms with Crippen molar-refractivity contribution in [3.63, 3.8) is 0 Å². The highest BCUT2D eigenvalue weighted by Crippen LogP contribution is 2.20. The molecule has 1 amide bonds. The van der Waals surface area contributed by atoms with Crippen molar-refractivity contribution in [3.8, 4) is 0 Å². The number of carbonyl (C=O) groups is 2. The van der Waals surface area contributed by atoms with Gasteiger partial charge in [-0.2, -0.15) is 0 Å². The molecule has 0 radical (unpaired) electrons. The number of hydrogen-bond donors (Lipinski definition) is 3. The number of amides is 1. The lowest BCUT2D eigenvalue weighted by molar-refractivity contribution is -0.149. The fraction of sp³-hybridized carbons (Fsp3) is 0.500. The third kappa shape index (κ3) is 3.52. The van der Waals surface area contributed by atoms with Crippen LogP contribution in [0.3, 0.4) is 0 Å². The molecule has 0 saturated carbocycles. The van der Waals surface area contributed by atoms with E-state index in [1.54, 1.807) is 6.07 Å². The Morgan fingerprint density at radius 1 is 1.58 bits per heavy atom. The number of carboxylic acids is 1. The van der Waals surface area contributed by atoms with Crippen LogP contribution in [-0.2, 0) is 14.3 Å². The maximum atomic E-state index is 11.8. The second-order valence-electron chi connectivity index (χ2n) is 4.40. The molecule has 1 aliphatic heterocycles. The summed E-state index contributed by atoms with van der Waals surface area (Å²) in [6, 6.07) is 2.96. The van der Waals surface area contributed by atoms with Crippen LogP contribution in [0.25, 0.3) is 0 Å². The zero-order valence-electron chi connectivity index (χ0n) is 10.2. The van der Waals surface area contributed by atoms with Crippen LogP contribution in [0.1, 0.15) is 23.8 Å². The summed E-state index contributed by atoms with van der Waals surface area (Å²) in [5.74, 6) is -1.23. The number of carbonyl (C=O) groups excluding carboxylic acids is 1. The summed E-state index contributed by atoms with van der Waals surface area (Å²) < 4.78 is 5.29. The van der Waals surface area contributed by atoms with Crippen molar-refractivity contribution in [3.05, 3.63) is 22.4 Å². The molecule has 2 heterocycles. The molecule has 6 nitrogen and oxygen atoms in total. The van der Waals surface area contributed by atoms with Gasteiger partial charge in [-0.15, -0.1) is 11.3 Å². The summed E-state index contributed by atoms with van der Waals surface area (Å²) >= 11 is 1.43. The van der Waals surface area contributed by atoms with Gasteiger partial charge in [0.05, 0.1) is 6.10 Å². The lowest BCUT2D eigenvalue weighted by Gasteiger charge is -2.14. The number of aliphatic carboxylic acids is 1. The van der Waals surface area contributed by atoms with Gasteiger partial charge in [0.15, 0.2) is 6.10 Å². The second-order valence-corrected chi connectivity index (χ2v) is 5.38. The van der Waals surface area contributed by atoms with Crippen molar-refractivity contribution in [2.75, 3.05) is 6.54 Å². The summed E-state index contributed by atoms with van der Waals surface area (Å²) in [5.41, 5.74) is 5.81. The first-order chi connectivity index (χ1) is 9.08. The van der Waals surface area contributed by atoms with Crippen LogP contribution in [0.2, 0.25) is 0 Å². The largest absolute Gasteiger partial charge is 0.479 e. The average molecular weight is 284 g/mol. The first-order valence-electron chi connectivity index (χ1n) is 6.03.